The summed E-state index contributed by atoms with van der Waals surface area (Å²) < 4.78 is 36.5. The molecule has 0 aliphatic carbocycles. The highest BCUT2D eigenvalue weighted by molar-refractivity contribution is 7.17. The van der Waals surface area contributed by atoms with E-state index in [1.54, 1.807) is 25.1 Å². The zero-order valence-electron chi connectivity index (χ0n) is 22.7. The van der Waals surface area contributed by atoms with Crippen LogP contribution in [0.5, 0.6) is 11.5 Å². The maximum absolute atomic E-state index is 14.2. The third kappa shape index (κ3) is 4.57. The minimum atomic E-state index is -1.02. The summed E-state index contributed by atoms with van der Waals surface area (Å²) in [5.41, 5.74) is 1.34. The molecule has 9 nitrogen and oxygen atoms in total. The fourth-order valence-corrected chi connectivity index (χ4v) is 5.95. The van der Waals surface area contributed by atoms with Gasteiger partial charge in [-0.05, 0) is 48.4 Å². The zero-order valence-corrected chi connectivity index (χ0v) is 23.5. The van der Waals surface area contributed by atoms with Crippen LogP contribution in [0.1, 0.15) is 48.7 Å². The lowest BCUT2D eigenvalue weighted by molar-refractivity contribution is 0.0605. The van der Waals surface area contributed by atoms with Crippen molar-refractivity contribution in [3.8, 4) is 11.5 Å². The van der Waals surface area contributed by atoms with Gasteiger partial charge in [-0.3, -0.25) is 14.5 Å². The molecule has 0 spiro atoms. The third-order valence-corrected chi connectivity index (χ3v) is 8.07. The molecular weight excluding hydrogens is 563 g/mol. The predicted octanol–water partition coefficient (Wildman–Crippen LogP) is 5.82. The molecule has 1 unspecified atom stereocenters. The minimum absolute atomic E-state index is 0.00579. The number of aromatic nitrogens is 1. The predicted molar refractivity (Wildman–Crippen MR) is 153 cm³/mol. The summed E-state index contributed by atoms with van der Waals surface area (Å²) in [6.07, 6.45) is 0. The Morgan fingerprint density at radius 2 is 1.83 bits per heavy atom. The molecule has 5 aromatic rings. The lowest BCUT2D eigenvalue weighted by Gasteiger charge is -2.23. The number of esters is 1. The first kappa shape index (κ1) is 27.2. The minimum Gasteiger partial charge on any atom is -0.493 e. The van der Waals surface area contributed by atoms with Gasteiger partial charge in [-0.15, -0.1) is 0 Å². The van der Waals surface area contributed by atoms with E-state index in [1.807, 2.05) is 30.3 Å². The number of fused-ring (bicyclic) bond motifs is 2. The van der Waals surface area contributed by atoms with Crippen LogP contribution in [0.2, 0.25) is 0 Å². The number of nitrogens with zero attached hydrogens (tertiary/aromatic N) is 2. The molecule has 42 heavy (non-hydrogen) atoms. The van der Waals surface area contributed by atoms with Gasteiger partial charge in [0.1, 0.15) is 22.9 Å². The van der Waals surface area contributed by atoms with Gasteiger partial charge in [0.2, 0.25) is 5.76 Å². The molecule has 1 aliphatic rings. The summed E-state index contributed by atoms with van der Waals surface area (Å²) in [4.78, 5) is 46.1. The molecule has 11 heteroatoms. The van der Waals surface area contributed by atoms with E-state index in [9.17, 15) is 18.8 Å². The van der Waals surface area contributed by atoms with Crippen LogP contribution in [0.25, 0.3) is 11.0 Å². The number of benzene rings is 3. The summed E-state index contributed by atoms with van der Waals surface area (Å²) >= 11 is 0.953. The number of hydrogen-bond donors (Lipinski definition) is 0. The molecule has 2 aromatic heterocycles. The van der Waals surface area contributed by atoms with Gasteiger partial charge in [-0.2, -0.15) is 0 Å². The fourth-order valence-electron chi connectivity index (χ4n) is 4.93. The van der Waals surface area contributed by atoms with Gasteiger partial charge in [0, 0.05) is 0 Å². The Labute approximate surface area is 242 Å². The highest BCUT2D eigenvalue weighted by atomic mass is 32.1. The first-order chi connectivity index (χ1) is 20.3. The largest absolute Gasteiger partial charge is 0.493 e. The second-order valence-corrected chi connectivity index (χ2v) is 10.5. The van der Waals surface area contributed by atoms with Crippen LogP contribution >= 0.6 is 11.3 Å². The van der Waals surface area contributed by atoms with Gasteiger partial charge in [0.15, 0.2) is 22.1 Å². The van der Waals surface area contributed by atoms with E-state index in [0.29, 0.717) is 29.4 Å². The van der Waals surface area contributed by atoms with Crippen molar-refractivity contribution in [1.29, 1.82) is 0 Å². The van der Waals surface area contributed by atoms with Crippen LogP contribution in [0.3, 0.4) is 0 Å². The third-order valence-electron chi connectivity index (χ3n) is 6.93. The first-order valence-electron chi connectivity index (χ1n) is 12.8. The van der Waals surface area contributed by atoms with Gasteiger partial charge in [0.25, 0.3) is 5.91 Å². The van der Waals surface area contributed by atoms with E-state index in [-0.39, 0.29) is 32.3 Å². The topological polar surface area (TPSA) is 108 Å². The zero-order chi connectivity index (χ0) is 29.5. The number of methoxy groups -OCH3 is 2. The molecule has 0 saturated heterocycles. The van der Waals surface area contributed by atoms with Crippen molar-refractivity contribution in [3.05, 3.63) is 116 Å². The molecule has 3 aromatic carbocycles. The SMILES string of the molecule is COC(=O)c1sc(N2C(=O)c3oc4ccc(F)cc4c(=O)c3C2c2ccc(OCc3ccccc3)c(OC)c2)nc1C. The highest BCUT2D eigenvalue weighted by Gasteiger charge is 2.45. The number of ether oxygens (including phenoxy) is 3. The number of anilines is 1. The fraction of sp³-hybridized carbons (Fsp3) is 0.161. The lowest BCUT2D eigenvalue weighted by Crippen LogP contribution is -2.29. The van der Waals surface area contributed by atoms with E-state index in [4.69, 9.17) is 18.6 Å². The second-order valence-electron chi connectivity index (χ2n) is 9.48. The number of aryl methyl sites for hydroxylation is 1. The Morgan fingerprint density at radius 3 is 2.57 bits per heavy atom. The van der Waals surface area contributed by atoms with Gasteiger partial charge >= 0.3 is 5.97 Å². The van der Waals surface area contributed by atoms with E-state index in [0.717, 1.165) is 29.0 Å². The number of carbonyl (C=O) groups excluding carboxylic acids is 2. The van der Waals surface area contributed by atoms with Crippen LogP contribution in [0.15, 0.2) is 75.9 Å². The van der Waals surface area contributed by atoms with Crippen molar-refractivity contribution in [2.24, 2.45) is 0 Å². The Morgan fingerprint density at radius 1 is 1.05 bits per heavy atom. The average molecular weight is 587 g/mol. The maximum Gasteiger partial charge on any atom is 0.350 e. The van der Waals surface area contributed by atoms with Crippen molar-refractivity contribution in [2.75, 3.05) is 19.1 Å². The number of rotatable bonds is 7. The van der Waals surface area contributed by atoms with Crippen molar-refractivity contribution in [3.63, 3.8) is 0 Å². The molecule has 1 amide bonds. The normalized spacial score (nSPS) is 14.2. The number of amides is 1. The molecule has 0 N–H and O–H groups in total. The van der Waals surface area contributed by atoms with Gasteiger partial charge in [-0.25, -0.2) is 14.2 Å². The van der Waals surface area contributed by atoms with E-state index in [2.05, 4.69) is 4.98 Å². The molecule has 212 valence electrons. The molecule has 6 rings (SSSR count). The summed E-state index contributed by atoms with van der Waals surface area (Å²) in [6.45, 7) is 1.92. The van der Waals surface area contributed by atoms with Crippen molar-refractivity contribution in [1.82, 2.24) is 4.98 Å². The molecule has 1 aliphatic heterocycles. The monoisotopic (exact) mass is 586 g/mol. The maximum atomic E-state index is 14.2. The van der Waals surface area contributed by atoms with Crippen molar-refractivity contribution in [2.45, 2.75) is 19.6 Å². The Hall–Kier alpha value is -5.03. The van der Waals surface area contributed by atoms with Crippen LogP contribution in [-0.2, 0) is 11.3 Å². The number of hydrogen-bond acceptors (Lipinski definition) is 9. The highest BCUT2D eigenvalue weighted by Crippen LogP contribution is 2.45. The number of thiazole rings is 1. The second kappa shape index (κ2) is 10.7. The van der Waals surface area contributed by atoms with Crippen LogP contribution < -0.4 is 19.8 Å². The van der Waals surface area contributed by atoms with E-state index in [1.165, 1.54) is 25.2 Å². The summed E-state index contributed by atoms with van der Waals surface area (Å²) in [7, 11) is 2.74. The average Bonchev–Trinajstić information content (AvgIpc) is 3.53. The Balaban J connectivity index is 1.50. The van der Waals surface area contributed by atoms with Gasteiger partial charge < -0.3 is 18.6 Å². The Kier molecular flexibility index (Phi) is 6.95. The molecule has 0 bridgehead atoms. The first-order valence-corrected chi connectivity index (χ1v) is 13.6. The number of halogens is 1. The van der Waals surface area contributed by atoms with Gasteiger partial charge in [-0.1, -0.05) is 47.7 Å². The molecule has 0 saturated carbocycles. The standard InChI is InChI=1S/C31H23FN2O7S/c1-16-28(30(37)39-3)42-31(33-16)34-25(24-26(35)20-14-19(32)10-12-21(20)41-27(24)29(34)36)18-9-11-22(23(13-18)38-2)40-15-17-7-5-4-6-8-17/h4-14,25H,15H2,1-3H3. The molecular formula is C31H23FN2O7S. The molecule has 0 radical (unpaired) electrons. The van der Waals surface area contributed by atoms with Crippen molar-refractivity contribution < 1.29 is 32.6 Å². The smallest absolute Gasteiger partial charge is 0.350 e. The summed E-state index contributed by atoms with van der Waals surface area (Å²) in [6, 6.07) is 17.2. The van der Waals surface area contributed by atoms with Crippen LogP contribution in [0.4, 0.5) is 9.52 Å². The van der Waals surface area contributed by atoms with Crippen molar-refractivity contribution >= 4 is 39.3 Å². The van der Waals surface area contributed by atoms with E-state index >= 15 is 0 Å². The number of carbonyl (C=O) groups is 2. The molecule has 3 heterocycles. The van der Waals surface area contributed by atoms with Crippen LogP contribution in [-0.4, -0.2) is 31.1 Å². The summed E-state index contributed by atoms with van der Waals surface area (Å²) in [5.74, 6) is -1.23. The molecule has 1 atom stereocenters. The lowest BCUT2D eigenvalue weighted by atomic mass is 9.98. The summed E-state index contributed by atoms with van der Waals surface area (Å²) in [5, 5.41) is 0.154. The van der Waals surface area contributed by atoms with Crippen LogP contribution in [0, 0.1) is 12.7 Å². The van der Waals surface area contributed by atoms with E-state index < -0.39 is 29.2 Å². The Bertz CT molecular complexity index is 1920. The van der Waals surface area contributed by atoms with Gasteiger partial charge in [0.05, 0.1) is 36.9 Å². The quantitative estimate of drug-likeness (QED) is 0.220. The molecule has 0 fully saturated rings.